The Labute approximate surface area is 725 Å². The molecule has 3 atom stereocenters. The molecule has 7 aliphatic rings. The zero-order valence-corrected chi connectivity index (χ0v) is 73.3. The fourth-order valence-corrected chi connectivity index (χ4v) is 16.8. The number of amides is 5. The molecule has 31 heteroatoms. The number of ketones is 7. The highest BCUT2D eigenvalue weighted by Gasteiger charge is 2.46. The maximum Gasteiger partial charge on any atom is 0.343 e. The molecule has 0 fully saturated rings. The van der Waals surface area contributed by atoms with Crippen LogP contribution in [0.25, 0.3) is 0 Å². The lowest BCUT2D eigenvalue weighted by Crippen LogP contribution is -2.44. The van der Waals surface area contributed by atoms with E-state index in [-0.39, 0.29) is 178 Å². The quantitative estimate of drug-likeness (QED) is 0.0285. The average Bonchev–Trinajstić information content (AvgIpc) is 1.42. The average molecular weight is 1750 g/mol. The van der Waals surface area contributed by atoms with Gasteiger partial charge in [0.2, 0.25) is 29.5 Å². The summed E-state index contributed by atoms with van der Waals surface area (Å²) in [6, 6.07) is 10.7. The van der Waals surface area contributed by atoms with Crippen molar-refractivity contribution in [1.29, 1.82) is 0 Å². The number of halogens is 6. The van der Waals surface area contributed by atoms with Crippen molar-refractivity contribution in [2.75, 3.05) is 32.3 Å². The maximum absolute atomic E-state index is 13.9. The van der Waals surface area contributed by atoms with Gasteiger partial charge in [-0.2, -0.15) is 0 Å². The van der Waals surface area contributed by atoms with Crippen molar-refractivity contribution < 1.29 is 108 Å². The first-order valence-electron chi connectivity index (χ1n) is 41.8. The molecule has 14 rings (SSSR count). The number of aliphatic carboxylic acids is 1. The van der Waals surface area contributed by atoms with Crippen LogP contribution in [0.1, 0.15) is 281 Å². The van der Waals surface area contributed by atoms with Crippen LogP contribution >= 0.6 is 0 Å². The van der Waals surface area contributed by atoms with Gasteiger partial charge in [-0.05, 0) is 266 Å². The number of anilines is 6. The maximum atomic E-state index is 13.9. The van der Waals surface area contributed by atoms with Crippen LogP contribution in [-0.2, 0) is 112 Å². The summed E-state index contributed by atoms with van der Waals surface area (Å²) < 4.78 is 88.2. The molecule has 9 N–H and O–H groups in total. The summed E-state index contributed by atoms with van der Waals surface area (Å²) >= 11 is 0. The highest BCUT2D eigenvalue weighted by atomic mass is 19.1. The van der Waals surface area contributed by atoms with Crippen LogP contribution in [0.4, 0.5) is 60.5 Å². The van der Waals surface area contributed by atoms with Crippen molar-refractivity contribution in [1.82, 2.24) is 4.57 Å². The standard InChI is InChI=1S/C16H18FNO3.C14H16FNO2.C13H16FNO3.2C13H14FNO2.C13H16FNO.C13H13NO5/c1-8(19)6-11-4-5-12-9(2)13(17)7-14(18-10(3)20)15(12)16(11)21;1-7(17)5-9-3-4-10-8(2)11(15)6-12(16)13(10)14(9)18;1-8-6-10(4-3-5-13(17)18)12(7-11(8)14)15-9(2)16;1-7-10(14)6-11(15-8(2)16)9-4-3-5-12(17)13(7)9;1-7-9-4-3-5-12(17)13(9)11(6-10(7)14)15-8(2)16;1-8-10-5-3-4-6-11(10)13(7-12(8)14)15-9(2)16;1-2-13(18)8-5-9-10(15)3-4-14(9)11(16)7(8)6-19-12(13)17/h7,11H,4-6H2,1-3H3,(H,18,20);6,9H,3-5,16H2,1-2H3;6-7H,3-5H2,1-2H3,(H,15,16)(H,17,18);2*6H,3-5H2,1-2H3,(H,15,16);7H,3-6H2,1-2H3,(H,15,16);5,18H,2-4,6H2,1H3/t;;;;;;13-/m......0/s1. The van der Waals surface area contributed by atoms with Gasteiger partial charge in [0.25, 0.3) is 5.56 Å². The number of nitrogens with two attached hydrogens (primary N) is 1. The molecule has 3 heterocycles. The number of pyridine rings is 1. The second-order valence-electron chi connectivity index (χ2n) is 32.6. The smallest absolute Gasteiger partial charge is 0.343 e. The zero-order chi connectivity index (χ0) is 93.5. The van der Waals surface area contributed by atoms with Crippen molar-refractivity contribution in [2.24, 2.45) is 11.8 Å². The Morgan fingerprint density at radius 1 is 0.452 bits per heavy atom. The third kappa shape index (κ3) is 23.8. The third-order valence-electron chi connectivity index (χ3n) is 23.2. The molecule has 7 aromatic rings. The summed E-state index contributed by atoms with van der Waals surface area (Å²) in [4.78, 5) is 173. The number of nitrogen functional groups attached to an aromatic ring is 1. The van der Waals surface area contributed by atoms with Gasteiger partial charge in [0.05, 0.1) is 22.6 Å². The van der Waals surface area contributed by atoms with Crippen molar-refractivity contribution in [3.63, 3.8) is 0 Å². The van der Waals surface area contributed by atoms with Gasteiger partial charge < -0.3 is 61.4 Å². The fourth-order valence-electron chi connectivity index (χ4n) is 16.8. The van der Waals surface area contributed by atoms with Crippen molar-refractivity contribution >= 4 is 116 Å². The van der Waals surface area contributed by atoms with E-state index < -0.39 is 29.2 Å². The first-order chi connectivity index (χ1) is 59.2. The normalized spacial score (nSPS) is 16.5. The van der Waals surface area contributed by atoms with E-state index >= 15 is 0 Å². The number of aliphatic hydroxyl groups is 1. The van der Waals surface area contributed by atoms with E-state index in [1.54, 1.807) is 47.6 Å². The number of carboxylic acid groups (broad SMARTS) is 1. The predicted molar refractivity (Wildman–Crippen MR) is 461 cm³/mol. The Hall–Kier alpha value is -12.4. The van der Waals surface area contributed by atoms with E-state index in [1.807, 2.05) is 6.92 Å². The van der Waals surface area contributed by atoms with E-state index in [4.69, 9.17) is 15.6 Å². The van der Waals surface area contributed by atoms with Crippen LogP contribution in [-0.4, -0.2) is 96.7 Å². The van der Waals surface area contributed by atoms with Gasteiger partial charge in [-0.15, -0.1) is 0 Å². The number of hydrogen-bond acceptors (Lipinski definition) is 18. The number of aryl methyl sites for hydroxylation is 2. The SMILES string of the molecule is CC(=O)CC1CCc2c(C)c(F)cc(N)c2C1=O.CC(=O)CC1CCc2c(C)c(F)cc(NC(C)=O)c2C1=O.CC(=O)Nc1cc(F)c(C)c2c1C(=O)CCC2.CC(=O)Nc1cc(F)c(C)c2c1CCCC2.CC(=O)Nc1cc(F)c(C)c2c1CCCC2=O.CC(=O)Nc1cc(F)c(C)cc1CCCC(=O)O.CC[C@@]1(O)C(=O)OCc2c1cc1n(c2=O)CCC1=O. The number of ether oxygens (including phenoxy) is 1. The third-order valence-corrected chi connectivity index (χ3v) is 23.2. The number of esters is 1. The van der Waals surface area contributed by atoms with Crippen molar-refractivity contribution in [3.8, 4) is 0 Å². The van der Waals surface area contributed by atoms with Crippen molar-refractivity contribution in [3.05, 3.63) is 205 Å². The first kappa shape index (κ1) is 99.0. The summed E-state index contributed by atoms with van der Waals surface area (Å²) in [6.07, 6.45) is 12.0. The summed E-state index contributed by atoms with van der Waals surface area (Å²) in [5, 5.41) is 31.9. The Morgan fingerprint density at radius 2 is 0.865 bits per heavy atom. The van der Waals surface area contributed by atoms with Gasteiger partial charge in [0.1, 0.15) is 53.1 Å². The number of hydrogen-bond donors (Lipinski definition) is 8. The lowest BCUT2D eigenvalue weighted by Gasteiger charge is -2.31. The summed E-state index contributed by atoms with van der Waals surface area (Å²) in [5.74, 6) is -6.42. The number of cyclic esters (lactones) is 1. The number of rotatable bonds is 14. The molecule has 2 aliphatic heterocycles. The first-order valence-corrected chi connectivity index (χ1v) is 41.8. The zero-order valence-electron chi connectivity index (χ0n) is 73.3. The highest BCUT2D eigenvalue weighted by Crippen LogP contribution is 2.41. The number of fused-ring (bicyclic) bond motifs is 7. The number of aromatic nitrogens is 1. The Bertz CT molecular complexity index is 5680. The second-order valence-corrected chi connectivity index (χ2v) is 32.6. The van der Waals surface area contributed by atoms with Crippen LogP contribution < -0.4 is 37.9 Å². The topological polar surface area (TPSA) is 397 Å². The van der Waals surface area contributed by atoms with Crippen LogP contribution in [0, 0.1) is 88.3 Å². The Kier molecular flexibility index (Phi) is 33.8. The molecule has 2 unspecified atom stereocenters. The molecule has 0 saturated carbocycles. The number of nitrogens with one attached hydrogen (secondary N) is 5. The number of carboxylic acids is 1. The second kappa shape index (κ2) is 43.0. The number of nitrogens with zero attached hydrogens (tertiary/aromatic N) is 1. The molecule has 0 radical (unpaired) electrons. The summed E-state index contributed by atoms with van der Waals surface area (Å²) in [7, 11) is 0. The van der Waals surface area contributed by atoms with E-state index in [2.05, 4.69) is 26.6 Å². The number of carbonyl (C=O) groups excluding carboxylic acids is 13. The van der Waals surface area contributed by atoms with Gasteiger partial charge in [-0.1, -0.05) is 13.0 Å². The van der Waals surface area contributed by atoms with E-state index in [9.17, 15) is 103 Å². The van der Waals surface area contributed by atoms with Gasteiger partial charge in [0, 0.05) is 142 Å². The lowest BCUT2D eigenvalue weighted by atomic mass is 9.78. The molecule has 5 aliphatic carbocycles. The molecule has 5 amide bonds. The van der Waals surface area contributed by atoms with Crippen LogP contribution in [0.3, 0.4) is 0 Å². The molecule has 126 heavy (non-hydrogen) atoms. The number of carbonyl (C=O) groups is 14. The Balaban J connectivity index is 0.000000182. The minimum Gasteiger partial charge on any atom is -0.481 e. The molecule has 6 aromatic carbocycles. The fraction of sp³-hybridized carbons (Fsp3) is 0.421. The monoisotopic (exact) mass is 1750 g/mol. The summed E-state index contributed by atoms with van der Waals surface area (Å²) in [6.45, 7) is 21.6. The van der Waals surface area contributed by atoms with Crippen LogP contribution in [0.2, 0.25) is 0 Å². The molecule has 0 bridgehead atoms. The largest absolute Gasteiger partial charge is 0.481 e. The van der Waals surface area contributed by atoms with Crippen LogP contribution in [0.15, 0.2) is 53.3 Å². The van der Waals surface area contributed by atoms with Crippen LogP contribution in [0.5, 0.6) is 0 Å². The molecular weight excluding hydrogens is 1640 g/mol. The number of benzene rings is 6. The molecule has 1 aromatic heterocycles. The molecule has 0 saturated heterocycles. The summed E-state index contributed by atoms with van der Waals surface area (Å²) in [5.41, 5.74) is 17.2. The van der Waals surface area contributed by atoms with Crippen molar-refractivity contribution in [2.45, 2.75) is 251 Å². The minimum absolute atomic E-state index is 0.00537. The predicted octanol–water partition coefficient (Wildman–Crippen LogP) is 16.0. The highest BCUT2D eigenvalue weighted by molar-refractivity contribution is 6.10. The van der Waals surface area contributed by atoms with Gasteiger partial charge >= 0.3 is 11.9 Å². The number of Topliss-reactive ketones (excluding diaryl/α,β-unsaturated/α-hetero) is 7. The lowest BCUT2D eigenvalue weighted by molar-refractivity contribution is -0.172. The minimum atomic E-state index is -1.83. The Morgan fingerprint density at radius 3 is 1.37 bits per heavy atom. The molecule has 0 spiro atoms. The molecule has 672 valence electrons. The van der Waals surface area contributed by atoms with E-state index in [0.717, 1.165) is 71.9 Å². The van der Waals surface area contributed by atoms with Gasteiger partial charge in [-0.25, -0.2) is 31.1 Å². The van der Waals surface area contributed by atoms with Gasteiger partial charge in [-0.3, -0.25) is 57.5 Å². The van der Waals surface area contributed by atoms with E-state index in [1.165, 1.54) is 95.5 Å². The molecular formula is C95H107F6N7O18. The van der Waals surface area contributed by atoms with E-state index in [0.29, 0.717) is 155 Å². The van der Waals surface area contributed by atoms with Gasteiger partial charge in [0.15, 0.2) is 34.5 Å². The molecule has 25 nitrogen and oxygen atoms in total.